The number of amides is 3. The molecule has 7 heteroatoms. The van der Waals surface area contributed by atoms with Crippen LogP contribution < -0.4 is 10.1 Å². The lowest BCUT2D eigenvalue weighted by Gasteiger charge is -2.33. The molecule has 3 amide bonds. The maximum atomic E-state index is 11.9. The molecule has 0 radical (unpaired) electrons. The molecular formula is C17H24N4O3. The Hall–Kier alpha value is -2.31. The van der Waals surface area contributed by atoms with Crippen LogP contribution in [0.25, 0.3) is 0 Å². The second-order valence-corrected chi connectivity index (χ2v) is 6.63. The SMILES string of the molecule is CN(C)C(=O)N1CCC(Oc2ccc(NC(=O)C3CC3)cn2)CC1. The Kier molecular flexibility index (Phi) is 4.87. The van der Waals surface area contributed by atoms with Gasteiger partial charge in [-0.15, -0.1) is 0 Å². The van der Waals surface area contributed by atoms with Gasteiger partial charge in [-0.1, -0.05) is 0 Å². The number of hydrogen-bond donors (Lipinski definition) is 1. The van der Waals surface area contributed by atoms with E-state index in [-0.39, 0.29) is 24.0 Å². The molecule has 0 unspecified atom stereocenters. The Balaban J connectivity index is 1.46. The van der Waals surface area contributed by atoms with Gasteiger partial charge in [-0.05, 0) is 18.9 Å². The molecule has 1 aliphatic heterocycles. The van der Waals surface area contributed by atoms with Crippen molar-refractivity contribution in [2.45, 2.75) is 31.8 Å². The number of aromatic nitrogens is 1. The molecule has 0 spiro atoms. The summed E-state index contributed by atoms with van der Waals surface area (Å²) in [5.41, 5.74) is 0.700. The summed E-state index contributed by atoms with van der Waals surface area (Å²) in [6.07, 6.45) is 5.24. The van der Waals surface area contributed by atoms with E-state index in [1.165, 1.54) is 0 Å². The number of hydrogen-bond acceptors (Lipinski definition) is 4. The van der Waals surface area contributed by atoms with E-state index in [0.717, 1.165) is 25.7 Å². The first-order chi connectivity index (χ1) is 11.5. The van der Waals surface area contributed by atoms with Gasteiger partial charge in [-0.3, -0.25) is 4.79 Å². The second kappa shape index (κ2) is 7.07. The molecule has 3 rings (SSSR count). The molecule has 24 heavy (non-hydrogen) atoms. The van der Waals surface area contributed by atoms with Crippen molar-refractivity contribution in [1.29, 1.82) is 0 Å². The first-order valence-corrected chi connectivity index (χ1v) is 8.43. The monoisotopic (exact) mass is 332 g/mol. The number of carbonyl (C=O) groups is 2. The highest BCUT2D eigenvalue weighted by Crippen LogP contribution is 2.30. The highest BCUT2D eigenvalue weighted by atomic mass is 16.5. The van der Waals surface area contributed by atoms with Crippen LogP contribution in [-0.2, 0) is 4.79 Å². The zero-order valence-electron chi connectivity index (χ0n) is 14.2. The fraction of sp³-hybridized carbons (Fsp3) is 0.588. The molecule has 0 bridgehead atoms. The maximum absolute atomic E-state index is 11.9. The molecule has 2 heterocycles. The number of rotatable bonds is 4. The number of nitrogens with zero attached hydrogens (tertiary/aromatic N) is 3. The van der Waals surface area contributed by atoms with Crippen molar-refractivity contribution in [2.75, 3.05) is 32.5 Å². The summed E-state index contributed by atoms with van der Waals surface area (Å²) in [5, 5.41) is 2.86. The van der Waals surface area contributed by atoms with Gasteiger partial charge >= 0.3 is 6.03 Å². The minimum absolute atomic E-state index is 0.0438. The number of anilines is 1. The lowest BCUT2D eigenvalue weighted by molar-refractivity contribution is -0.117. The van der Waals surface area contributed by atoms with Crippen molar-refractivity contribution >= 4 is 17.6 Å². The summed E-state index contributed by atoms with van der Waals surface area (Å²) in [6.45, 7) is 1.38. The molecule has 1 saturated carbocycles. The van der Waals surface area contributed by atoms with Gasteiger partial charge in [0.1, 0.15) is 6.10 Å². The van der Waals surface area contributed by atoms with Gasteiger partial charge in [-0.25, -0.2) is 9.78 Å². The average Bonchev–Trinajstić information content (AvgIpc) is 3.41. The molecule has 2 fully saturated rings. The van der Waals surface area contributed by atoms with Crippen molar-refractivity contribution < 1.29 is 14.3 Å². The van der Waals surface area contributed by atoms with E-state index in [9.17, 15) is 9.59 Å². The van der Waals surface area contributed by atoms with Crippen LogP contribution in [-0.4, -0.2) is 60.0 Å². The molecule has 2 aliphatic rings. The molecule has 7 nitrogen and oxygen atoms in total. The maximum Gasteiger partial charge on any atom is 0.319 e. The van der Waals surface area contributed by atoms with Gasteiger partial charge in [-0.2, -0.15) is 0 Å². The van der Waals surface area contributed by atoms with Gasteiger partial charge in [0.2, 0.25) is 11.8 Å². The first kappa shape index (κ1) is 16.5. The molecule has 1 aromatic heterocycles. The zero-order chi connectivity index (χ0) is 17.1. The third kappa shape index (κ3) is 4.15. The van der Waals surface area contributed by atoms with Crippen LogP contribution >= 0.6 is 0 Å². The quantitative estimate of drug-likeness (QED) is 0.914. The minimum Gasteiger partial charge on any atom is -0.474 e. The molecule has 1 saturated heterocycles. The Bertz CT molecular complexity index is 590. The standard InChI is InChI=1S/C17H24N4O3/c1-20(2)17(23)21-9-7-14(8-10-21)24-15-6-5-13(11-18-15)19-16(22)12-3-4-12/h5-6,11-12,14H,3-4,7-10H2,1-2H3,(H,19,22). The molecule has 1 aliphatic carbocycles. The van der Waals surface area contributed by atoms with Crippen molar-refractivity contribution in [1.82, 2.24) is 14.8 Å². The number of urea groups is 1. The van der Waals surface area contributed by atoms with E-state index in [1.807, 2.05) is 11.0 Å². The molecule has 130 valence electrons. The van der Waals surface area contributed by atoms with Crippen LogP contribution in [0.15, 0.2) is 18.3 Å². The Labute approximate surface area is 142 Å². The van der Waals surface area contributed by atoms with Crippen molar-refractivity contribution in [3.8, 4) is 5.88 Å². The van der Waals surface area contributed by atoms with E-state index in [2.05, 4.69) is 10.3 Å². The van der Waals surface area contributed by atoms with Crippen LogP contribution in [0.2, 0.25) is 0 Å². The molecule has 0 atom stereocenters. The van der Waals surface area contributed by atoms with E-state index < -0.39 is 0 Å². The van der Waals surface area contributed by atoms with E-state index in [1.54, 1.807) is 31.3 Å². The Morgan fingerprint density at radius 1 is 1.21 bits per heavy atom. The lowest BCUT2D eigenvalue weighted by Crippen LogP contribution is -2.46. The molecule has 1 N–H and O–H groups in total. The molecule has 1 aromatic rings. The number of nitrogens with one attached hydrogen (secondary N) is 1. The van der Waals surface area contributed by atoms with Crippen LogP contribution in [0, 0.1) is 5.92 Å². The number of likely N-dealkylation sites (tertiary alicyclic amines) is 1. The average molecular weight is 332 g/mol. The summed E-state index contributed by atoms with van der Waals surface area (Å²) < 4.78 is 5.89. The summed E-state index contributed by atoms with van der Waals surface area (Å²) in [5.74, 6) is 0.802. The van der Waals surface area contributed by atoms with Crippen molar-refractivity contribution in [2.24, 2.45) is 5.92 Å². The van der Waals surface area contributed by atoms with Gasteiger partial charge in [0.25, 0.3) is 0 Å². The largest absolute Gasteiger partial charge is 0.474 e. The van der Waals surface area contributed by atoms with Crippen molar-refractivity contribution in [3.63, 3.8) is 0 Å². The number of ether oxygens (including phenoxy) is 1. The minimum atomic E-state index is 0.0438. The number of piperidine rings is 1. The second-order valence-electron chi connectivity index (χ2n) is 6.63. The van der Waals surface area contributed by atoms with Gasteiger partial charge < -0.3 is 19.9 Å². The van der Waals surface area contributed by atoms with Crippen LogP contribution in [0.3, 0.4) is 0 Å². The zero-order valence-corrected chi connectivity index (χ0v) is 14.2. The van der Waals surface area contributed by atoms with E-state index in [4.69, 9.17) is 4.74 Å². The summed E-state index contributed by atoms with van der Waals surface area (Å²) in [4.78, 5) is 31.3. The molecule has 0 aromatic carbocycles. The highest BCUT2D eigenvalue weighted by molar-refractivity contribution is 5.93. The van der Waals surface area contributed by atoms with Crippen LogP contribution in [0.5, 0.6) is 5.88 Å². The fourth-order valence-electron chi connectivity index (χ4n) is 2.73. The fourth-order valence-corrected chi connectivity index (χ4v) is 2.73. The normalized spacial score (nSPS) is 18.2. The predicted octanol–water partition coefficient (Wildman–Crippen LogP) is 1.95. The first-order valence-electron chi connectivity index (χ1n) is 8.43. The third-order valence-corrected chi connectivity index (χ3v) is 4.33. The van der Waals surface area contributed by atoms with Crippen LogP contribution in [0.4, 0.5) is 10.5 Å². The number of pyridine rings is 1. The number of carbonyl (C=O) groups excluding carboxylic acids is 2. The lowest BCUT2D eigenvalue weighted by atomic mass is 10.1. The smallest absolute Gasteiger partial charge is 0.319 e. The van der Waals surface area contributed by atoms with E-state index in [0.29, 0.717) is 24.7 Å². The van der Waals surface area contributed by atoms with Crippen LogP contribution in [0.1, 0.15) is 25.7 Å². The van der Waals surface area contributed by atoms with Crippen molar-refractivity contribution in [3.05, 3.63) is 18.3 Å². The van der Waals surface area contributed by atoms with Gasteiger partial charge in [0, 0.05) is 52.0 Å². The predicted molar refractivity (Wildman–Crippen MR) is 89.9 cm³/mol. The summed E-state index contributed by atoms with van der Waals surface area (Å²) in [6, 6.07) is 3.63. The third-order valence-electron chi connectivity index (χ3n) is 4.33. The highest BCUT2D eigenvalue weighted by Gasteiger charge is 2.29. The Morgan fingerprint density at radius 2 is 1.92 bits per heavy atom. The molecular weight excluding hydrogens is 308 g/mol. The summed E-state index contributed by atoms with van der Waals surface area (Å²) in [7, 11) is 3.52. The summed E-state index contributed by atoms with van der Waals surface area (Å²) >= 11 is 0. The van der Waals surface area contributed by atoms with Gasteiger partial charge in [0.05, 0.1) is 11.9 Å². The van der Waals surface area contributed by atoms with E-state index >= 15 is 0 Å². The Morgan fingerprint density at radius 3 is 2.46 bits per heavy atom. The van der Waals surface area contributed by atoms with Gasteiger partial charge in [0.15, 0.2) is 0 Å². The topological polar surface area (TPSA) is 74.8 Å².